The van der Waals surface area contributed by atoms with Crippen LogP contribution in [-0.4, -0.2) is 60.5 Å². The predicted molar refractivity (Wildman–Crippen MR) is 140 cm³/mol. The molecule has 5 rings (SSSR count). The molecule has 8 heteroatoms. The van der Waals surface area contributed by atoms with Crippen LogP contribution in [0.1, 0.15) is 44.0 Å². The number of hydrogen-bond acceptors (Lipinski definition) is 6. The molecule has 3 aromatic rings. The number of benzene rings is 1. The van der Waals surface area contributed by atoms with E-state index in [9.17, 15) is 4.79 Å². The third-order valence-electron chi connectivity index (χ3n) is 8.58. The molecule has 186 valence electrons. The van der Waals surface area contributed by atoms with Crippen molar-refractivity contribution in [2.24, 2.45) is 11.1 Å². The molecule has 1 aromatic carbocycles. The molecule has 2 aromatic heterocycles. The lowest BCUT2D eigenvalue weighted by Crippen LogP contribution is -2.53. The number of hydrogen-bond donors (Lipinski definition) is 3. The number of nitrogens with one attached hydrogen (secondary N) is 2. The number of primary amides is 1. The molecule has 4 N–H and O–H groups in total. The molecule has 3 heterocycles. The van der Waals surface area contributed by atoms with Crippen LogP contribution in [0.15, 0.2) is 42.7 Å². The van der Waals surface area contributed by atoms with Crippen LogP contribution in [-0.2, 0) is 4.74 Å². The third-order valence-corrected chi connectivity index (χ3v) is 8.58. The predicted octanol–water partition coefficient (Wildman–Crippen LogP) is 3.52. The van der Waals surface area contributed by atoms with Gasteiger partial charge in [0.1, 0.15) is 0 Å². The van der Waals surface area contributed by atoms with E-state index in [2.05, 4.69) is 71.7 Å². The Bertz CT molecular complexity index is 1230. The monoisotopic (exact) mass is 476 g/mol. The number of nitrogens with zero attached hydrogens (tertiary/aromatic N) is 3. The maximum absolute atomic E-state index is 12.4. The molecule has 1 aliphatic heterocycles. The summed E-state index contributed by atoms with van der Waals surface area (Å²) in [5.74, 6) is -0.479. The van der Waals surface area contributed by atoms with Gasteiger partial charge in [0.05, 0.1) is 36.2 Å². The van der Waals surface area contributed by atoms with Gasteiger partial charge in [-0.25, -0.2) is 4.52 Å². The smallest absolute Gasteiger partial charge is 0.252 e. The van der Waals surface area contributed by atoms with Crippen molar-refractivity contribution in [2.45, 2.75) is 45.2 Å². The summed E-state index contributed by atoms with van der Waals surface area (Å²) in [7, 11) is 2.02. The number of morpholine rings is 1. The number of anilines is 2. The lowest BCUT2D eigenvalue weighted by molar-refractivity contribution is 0.100. The van der Waals surface area contributed by atoms with Crippen molar-refractivity contribution in [1.29, 1.82) is 0 Å². The molecule has 8 nitrogen and oxygen atoms in total. The fraction of sp³-hybridized carbons (Fsp3) is 0.481. The first kappa shape index (κ1) is 23.6. The van der Waals surface area contributed by atoms with Gasteiger partial charge >= 0.3 is 0 Å². The molecule has 1 amide bonds. The Morgan fingerprint density at radius 1 is 1.14 bits per heavy atom. The van der Waals surface area contributed by atoms with Crippen LogP contribution < -0.4 is 21.3 Å². The van der Waals surface area contributed by atoms with E-state index in [1.807, 2.05) is 17.8 Å². The van der Waals surface area contributed by atoms with Gasteiger partial charge in [0.25, 0.3) is 5.91 Å². The Morgan fingerprint density at radius 3 is 2.49 bits per heavy atom. The number of amides is 1. The highest BCUT2D eigenvalue weighted by molar-refractivity contribution is 6.02. The van der Waals surface area contributed by atoms with Gasteiger partial charge in [-0.1, -0.05) is 26.0 Å². The van der Waals surface area contributed by atoms with E-state index in [1.54, 1.807) is 6.20 Å². The lowest BCUT2D eigenvalue weighted by Gasteiger charge is -2.42. The van der Waals surface area contributed by atoms with Crippen LogP contribution in [0.3, 0.4) is 0 Å². The molecule has 0 bridgehead atoms. The highest BCUT2D eigenvalue weighted by atomic mass is 16.5. The van der Waals surface area contributed by atoms with E-state index < -0.39 is 5.91 Å². The molecule has 1 saturated carbocycles. The molecular weight excluding hydrogens is 440 g/mol. The van der Waals surface area contributed by atoms with Crippen LogP contribution >= 0.6 is 0 Å². The van der Waals surface area contributed by atoms with E-state index in [0.29, 0.717) is 5.56 Å². The summed E-state index contributed by atoms with van der Waals surface area (Å²) >= 11 is 0. The highest BCUT2D eigenvalue weighted by Crippen LogP contribution is 2.47. The third kappa shape index (κ3) is 4.04. The zero-order valence-corrected chi connectivity index (χ0v) is 21.1. The average molecular weight is 477 g/mol. The number of aromatic nitrogens is 2. The molecule has 1 saturated heterocycles. The van der Waals surface area contributed by atoms with Gasteiger partial charge in [0.15, 0.2) is 0 Å². The van der Waals surface area contributed by atoms with E-state index in [4.69, 9.17) is 10.5 Å². The van der Waals surface area contributed by atoms with E-state index in [0.717, 1.165) is 61.5 Å². The SMILES string of the molecule is CNC1(C)CC[C@@H](Nc2c(C(N)=O)cnn3cc(-c4ccc(N5CCOCC5)cc4)cc23)C1(C)C. The van der Waals surface area contributed by atoms with Gasteiger partial charge in [-0.05, 0) is 50.6 Å². The van der Waals surface area contributed by atoms with Crippen molar-refractivity contribution in [2.75, 3.05) is 43.6 Å². The summed E-state index contributed by atoms with van der Waals surface area (Å²) in [5, 5.41) is 11.7. The van der Waals surface area contributed by atoms with Crippen molar-refractivity contribution in [1.82, 2.24) is 14.9 Å². The minimum absolute atomic E-state index is 0.00372. The van der Waals surface area contributed by atoms with Crippen molar-refractivity contribution in [3.63, 3.8) is 0 Å². The van der Waals surface area contributed by atoms with Gasteiger partial charge in [-0.3, -0.25) is 4.79 Å². The number of nitrogens with two attached hydrogens (primary N) is 1. The van der Waals surface area contributed by atoms with Crippen LogP contribution in [0, 0.1) is 5.41 Å². The van der Waals surface area contributed by atoms with Gasteiger partial charge in [-0.15, -0.1) is 0 Å². The average Bonchev–Trinajstić information content (AvgIpc) is 3.40. The number of fused-ring (bicyclic) bond motifs is 1. The summed E-state index contributed by atoms with van der Waals surface area (Å²) in [6.45, 7) is 10.2. The minimum atomic E-state index is -0.479. The summed E-state index contributed by atoms with van der Waals surface area (Å²) in [4.78, 5) is 14.7. The Kier molecular flexibility index (Phi) is 5.97. The first-order valence-corrected chi connectivity index (χ1v) is 12.4. The number of carbonyl (C=O) groups excluding carboxylic acids is 1. The first-order chi connectivity index (χ1) is 16.7. The molecule has 35 heavy (non-hydrogen) atoms. The second-order valence-electron chi connectivity index (χ2n) is 10.5. The van der Waals surface area contributed by atoms with E-state index in [-0.39, 0.29) is 17.0 Å². The fourth-order valence-electron chi connectivity index (χ4n) is 5.61. The Hall–Kier alpha value is -3.10. The molecule has 2 atom stereocenters. The number of ether oxygens (including phenoxy) is 1. The number of rotatable bonds is 6. The lowest BCUT2D eigenvalue weighted by atomic mass is 9.74. The zero-order chi connectivity index (χ0) is 24.8. The van der Waals surface area contributed by atoms with E-state index in [1.165, 1.54) is 5.69 Å². The quantitative estimate of drug-likeness (QED) is 0.504. The molecule has 2 aliphatic rings. The molecule has 0 spiro atoms. The largest absolute Gasteiger partial charge is 0.379 e. The van der Waals surface area contributed by atoms with Gasteiger partial charge in [0.2, 0.25) is 0 Å². The molecule has 1 aliphatic carbocycles. The summed E-state index contributed by atoms with van der Waals surface area (Å²) < 4.78 is 7.30. The number of carbonyl (C=O) groups is 1. The van der Waals surface area contributed by atoms with Crippen LogP contribution in [0.25, 0.3) is 16.6 Å². The molecule has 0 radical (unpaired) electrons. The maximum atomic E-state index is 12.4. The minimum Gasteiger partial charge on any atom is -0.379 e. The van der Waals surface area contributed by atoms with Crippen LogP contribution in [0.5, 0.6) is 0 Å². The second kappa shape index (κ2) is 8.84. The fourth-order valence-corrected chi connectivity index (χ4v) is 5.61. The Morgan fingerprint density at radius 2 is 1.86 bits per heavy atom. The Balaban J connectivity index is 1.49. The van der Waals surface area contributed by atoms with Crippen molar-refractivity contribution in [3.8, 4) is 11.1 Å². The van der Waals surface area contributed by atoms with Crippen molar-refractivity contribution >= 4 is 22.8 Å². The van der Waals surface area contributed by atoms with Crippen molar-refractivity contribution in [3.05, 3.63) is 48.3 Å². The van der Waals surface area contributed by atoms with Gasteiger partial charge in [0, 0.05) is 47.5 Å². The maximum Gasteiger partial charge on any atom is 0.252 e. The summed E-state index contributed by atoms with van der Waals surface area (Å²) in [6, 6.07) is 10.9. The second-order valence-corrected chi connectivity index (χ2v) is 10.5. The molecular formula is C27H36N6O2. The van der Waals surface area contributed by atoms with Gasteiger partial charge in [-0.2, -0.15) is 5.10 Å². The van der Waals surface area contributed by atoms with E-state index >= 15 is 0 Å². The molecule has 1 unspecified atom stereocenters. The zero-order valence-electron chi connectivity index (χ0n) is 21.1. The standard InChI is InChI=1S/C27H36N6O2/c1-26(2)23(9-10-27(26,3)29-4)31-24-21(25(28)34)16-30-33-17-19(15-22(24)33)18-5-7-20(8-6-18)32-11-13-35-14-12-32/h5-8,15-17,23,29,31H,9-14H2,1-4H3,(H2,28,34)/t23-,27?/m1/s1. The molecule has 2 fully saturated rings. The normalized spacial score (nSPS) is 24.1. The summed E-state index contributed by atoms with van der Waals surface area (Å²) in [6.07, 6.45) is 5.62. The Labute approximate surface area is 206 Å². The summed E-state index contributed by atoms with van der Waals surface area (Å²) in [5.41, 5.74) is 11.1. The highest BCUT2D eigenvalue weighted by Gasteiger charge is 2.51. The van der Waals surface area contributed by atoms with Crippen LogP contribution in [0.2, 0.25) is 0 Å². The van der Waals surface area contributed by atoms with Gasteiger partial charge < -0.3 is 26.0 Å². The van der Waals surface area contributed by atoms with Crippen molar-refractivity contribution < 1.29 is 9.53 Å². The van der Waals surface area contributed by atoms with Crippen LogP contribution in [0.4, 0.5) is 11.4 Å². The topological polar surface area (TPSA) is 96.9 Å². The first-order valence-electron chi connectivity index (χ1n) is 12.4.